The minimum Gasteiger partial charge on any atom is -0.467 e. The quantitative estimate of drug-likeness (QED) is 0.127. The Labute approximate surface area is 277 Å². The Morgan fingerprint density at radius 1 is 0.766 bits per heavy atom. The zero-order chi connectivity index (χ0) is 34.1. The van der Waals surface area contributed by atoms with Gasteiger partial charge in [0.05, 0.1) is 33.5 Å². The predicted molar refractivity (Wildman–Crippen MR) is 177 cm³/mol. The van der Waals surface area contributed by atoms with Gasteiger partial charge in [0.1, 0.15) is 36.1 Å². The van der Waals surface area contributed by atoms with Crippen LogP contribution in [0.3, 0.4) is 0 Å². The van der Waals surface area contributed by atoms with E-state index in [2.05, 4.69) is 5.32 Å². The molecule has 0 aliphatic heterocycles. The molecule has 0 aliphatic carbocycles. The van der Waals surface area contributed by atoms with Crippen molar-refractivity contribution in [1.29, 1.82) is 0 Å². The number of aliphatic hydroxyl groups excluding tert-OH is 2. The predicted octanol–water partition coefficient (Wildman–Crippen LogP) is 5.11. The van der Waals surface area contributed by atoms with Crippen LogP contribution in [0.1, 0.15) is 43.9 Å². The van der Waals surface area contributed by atoms with Crippen LogP contribution in [0.2, 0.25) is 0 Å². The van der Waals surface area contributed by atoms with Gasteiger partial charge in [0, 0.05) is 0 Å². The van der Waals surface area contributed by atoms with Gasteiger partial charge < -0.3 is 39.2 Å². The maximum Gasteiger partial charge on any atom is 0.408 e. The van der Waals surface area contributed by atoms with E-state index in [0.29, 0.717) is 0 Å². The summed E-state index contributed by atoms with van der Waals surface area (Å²) in [7, 11) is 1.22. The maximum absolute atomic E-state index is 12.4. The molecule has 254 valence electrons. The van der Waals surface area contributed by atoms with Gasteiger partial charge in [-0.25, -0.2) is 9.59 Å². The van der Waals surface area contributed by atoms with E-state index in [9.17, 15) is 19.8 Å². The fraction of sp³-hybridized carbons (Fsp3) is 0.405. The fourth-order valence-corrected chi connectivity index (χ4v) is 4.58. The third kappa shape index (κ3) is 14.1. The molecule has 10 nitrogen and oxygen atoms in total. The molecule has 3 N–H and O–H groups in total. The van der Waals surface area contributed by atoms with Crippen molar-refractivity contribution in [1.82, 2.24) is 5.32 Å². The molecule has 3 rings (SSSR count). The van der Waals surface area contributed by atoms with E-state index in [4.69, 9.17) is 23.7 Å². The van der Waals surface area contributed by atoms with Gasteiger partial charge in [0.15, 0.2) is 0 Å². The lowest BCUT2D eigenvalue weighted by atomic mass is 10.0. The smallest absolute Gasteiger partial charge is 0.408 e. The van der Waals surface area contributed by atoms with E-state index in [0.717, 1.165) is 16.7 Å². The van der Waals surface area contributed by atoms with E-state index in [1.165, 1.54) is 19.3 Å². The summed E-state index contributed by atoms with van der Waals surface area (Å²) in [5, 5.41) is 25.4. The molecular weight excluding hydrogens is 602 g/mol. The lowest BCUT2D eigenvalue weighted by Gasteiger charge is -2.33. The number of carbonyl (C=O) groups is 2. The van der Waals surface area contributed by atoms with Crippen LogP contribution in [0.5, 0.6) is 0 Å². The molecule has 0 bridgehead atoms. The van der Waals surface area contributed by atoms with Gasteiger partial charge >= 0.3 is 12.1 Å². The first-order chi connectivity index (χ1) is 22.6. The highest BCUT2D eigenvalue weighted by atomic mass is 16.6. The molecule has 0 saturated heterocycles. The summed E-state index contributed by atoms with van der Waals surface area (Å²) in [5.74, 6) is -0.679. The van der Waals surface area contributed by atoms with Crippen molar-refractivity contribution >= 4 is 12.1 Å². The number of carbonyl (C=O) groups excluding carboxylic acids is 2. The Balaban J connectivity index is 1.81. The van der Waals surface area contributed by atoms with Crippen LogP contribution >= 0.6 is 0 Å². The molecule has 0 unspecified atom stereocenters. The van der Waals surface area contributed by atoms with Crippen molar-refractivity contribution in [3.63, 3.8) is 0 Å². The molecule has 10 heteroatoms. The summed E-state index contributed by atoms with van der Waals surface area (Å²) in [6.07, 6.45) is -2.35. The third-order valence-corrected chi connectivity index (χ3v) is 6.89. The first-order valence-electron chi connectivity index (χ1n) is 15.6. The Hall–Kier alpha value is -4.06. The average Bonchev–Trinajstić information content (AvgIpc) is 3.05. The number of ether oxygens (including phenoxy) is 5. The molecule has 0 saturated carbocycles. The highest BCUT2D eigenvalue weighted by molar-refractivity contribution is 5.81. The average molecular weight is 650 g/mol. The van der Waals surface area contributed by atoms with Gasteiger partial charge in [0.2, 0.25) is 0 Å². The van der Waals surface area contributed by atoms with Gasteiger partial charge in [-0.3, -0.25) is 0 Å². The zero-order valence-electron chi connectivity index (χ0n) is 27.5. The molecule has 0 aliphatic rings. The zero-order valence-corrected chi connectivity index (χ0v) is 27.5. The lowest BCUT2D eigenvalue weighted by molar-refractivity contribution is -0.168. The van der Waals surface area contributed by atoms with Crippen LogP contribution in [0.15, 0.2) is 103 Å². The second-order valence-corrected chi connectivity index (χ2v) is 12.0. The van der Waals surface area contributed by atoms with Gasteiger partial charge in [-0.2, -0.15) is 0 Å². The molecule has 0 heterocycles. The number of rotatable bonds is 18. The molecule has 3 aromatic carbocycles. The summed E-state index contributed by atoms with van der Waals surface area (Å²) in [4.78, 5) is 24.8. The number of esters is 1. The number of alkyl carbamates (subject to hydrolysis) is 1. The number of hydrogen-bond acceptors (Lipinski definition) is 9. The first-order valence-corrected chi connectivity index (χ1v) is 15.6. The van der Waals surface area contributed by atoms with Crippen LogP contribution in [0.4, 0.5) is 4.79 Å². The summed E-state index contributed by atoms with van der Waals surface area (Å²) < 4.78 is 28.5. The van der Waals surface area contributed by atoms with Gasteiger partial charge in [-0.15, -0.1) is 0 Å². The minimum atomic E-state index is -1.29. The van der Waals surface area contributed by atoms with Crippen molar-refractivity contribution < 1.29 is 43.5 Å². The van der Waals surface area contributed by atoms with E-state index < -0.39 is 48.1 Å². The molecule has 0 fully saturated rings. The van der Waals surface area contributed by atoms with Crippen molar-refractivity contribution in [2.45, 2.75) is 83.1 Å². The lowest BCUT2D eigenvalue weighted by Crippen LogP contribution is -2.48. The Kier molecular flexibility index (Phi) is 15.6. The number of aliphatic hydroxyl groups is 2. The van der Waals surface area contributed by atoms with Gasteiger partial charge in [-0.1, -0.05) is 103 Å². The molecule has 5 atom stereocenters. The van der Waals surface area contributed by atoms with Crippen LogP contribution in [0, 0.1) is 0 Å². The van der Waals surface area contributed by atoms with E-state index in [1.807, 2.05) is 91.0 Å². The molecule has 1 amide bonds. The molecule has 0 spiro atoms. The Bertz CT molecular complexity index is 1350. The summed E-state index contributed by atoms with van der Waals surface area (Å²) in [5.41, 5.74) is 1.91. The van der Waals surface area contributed by atoms with E-state index in [-0.39, 0.29) is 32.8 Å². The highest BCUT2D eigenvalue weighted by Crippen LogP contribution is 2.20. The number of hydrogen-bond donors (Lipinski definition) is 3. The molecule has 3 aromatic rings. The Morgan fingerprint density at radius 2 is 1.26 bits per heavy atom. The number of amides is 1. The third-order valence-electron chi connectivity index (χ3n) is 6.89. The highest BCUT2D eigenvalue weighted by Gasteiger charge is 2.35. The second kappa shape index (κ2) is 19.6. The standard InChI is InChI=1S/C37H47NO9/c1-37(2,3)47-36(42)38-30(35(41)43-4)21-14-22-31(39)33(45-24-28-17-10-6-11-18-28)34(46-25-29-19-12-7-13-20-29)32(40)26-44-23-27-15-8-5-9-16-27/h5-20,22,30-34,39-40H,21,23-26H2,1-4H3,(H,38,42)/b22-14-/t30-,31-,32+,33+,34+/m0/s1. The first kappa shape index (κ1) is 37.4. The normalized spacial score (nSPS) is 14.9. The van der Waals surface area contributed by atoms with Crippen molar-refractivity contribution in [3.05, 3.63) is 120 Å². The van der Waals surface area contributed by atoms with Gasteiger partial charge in [0.25, 0.3) is 0 Å². The van der Waals surface area contributed by atoms with Crippen LogP contribution in [-0.2, 0) is 48.3 Å². The number of methoxy groups -OCH3 is 1. The second-order valence-electron chi connectivity index (χ2n) is 12.0. The molecule has 0 radical (unpaired) electrons. The molecule has 47 heavy (non-hydrogen) atoms. The van der Waals surface area contributed by atoms with Crippen LogP contribution in [-0.4, -0.2) is 72.1 Å². The topological polar surface area (TPSA) is 133 Å². The Morgan fingerprint density at radius 3 is 1.74 bits per heavy atom. The van der Waals surface area contributed by atoms with Crippen LogP contribution < -0.4 is 5.32 Å². The SMILES string of the molecule is COC(=O)[C@H](C/C=C\[C@H](O)[C@@H](OCc1ccccc1)[C@H](OCc1ccccc1)[C@H](O)COCc1ccccc1)NC(=O)OC(C)(C)C. The van der Waals surface area contributed by atoms with E-state index >= 15 is 0 Å². The van der Waals surface area contributed by atoms with Crippen LogP contribution in [0.25, 0.3) is 0 Å². The van der Waals surface area contributed by atoms with E-state index in [1.54, 1.807) is 20.8 Å². The van der Waals surface area contributed by atoms with Crippen molar-refractivity contribution in [2.75, 3.05) is 13.7 Å². The van der Waals surface area contributed by atoms with Crippen molar-refractivity contribution in [2.24, 2.45) is 0 Å². The number of benzene rings is 3. The summed E-state index contributed by atoms with van der Waals surface area (Å²) in [6, 6.07) is 27.4. The maximum atomic E-state index is 12.4. The fourth-order valence-electron chi connectivity index (χ4n) is 4.58. The molecule has 0 aromatic heterocycles. The molecular formula is C37H47NO9. The van der Waals surface area contributed by atoms with Crippen molar-refractivity contribution in [3.8, 4) is 0 Å². The van der Waals surface area contributed by atoms with Gasteiger partial charge in [-0.05, 0) is 43.9 Å². The summed E-state index contributed by atoms with van der Waals surface area (Å²) >= 11 is 0. The summed E-state index contributed by atoms with van der Waals surface area (Å²) in [6.45, 7) is 5.60. The minimum absolute atomic E-state index is 0.00728. The largest absolute Gasteiger partial charge is 0.467 e. The monoisotopic (exact) mass is 649 g/mol. The number of nitrogens with one attached hydrogen (secondary N) is 1.